The Bertz CT molecular complexity index is 1060. The van der Waals surface area contributed by atoms with Crippen molar-refractivity contribution in [2.24, 2.45) is 0 Å². The van der Waals surface area contributed by atoms with Gasteiger partial charge >= 0.3 is 5.97 Å². The molecule has 0 atom stereocenters. The SMILES string of the molecule is COc1ccc(OCC(=O)OCC(=O)Nc2c(C)nn(-c3ccc(C)cc3)c2C)cc1. The van der Waals surface area contributed by atoms with Crippen molar-refractivity contribution in [1.82, 2.24) is 9.78 Å². The zero-order valence-electron chi connectivity index (χ0n) is 18.0. The molecule has 0 aliphatic carbocycles. The first-order valence-electron chi connectivity index (χ1n) is 9.73. The number of hydrogen-bond acceptors (Lipinski definition) is 6. The molecule has 8 nitrogen and oxygen atoms in total. The number of methoxy groups -OCH3 is 1. The maximum Gasteiger partial charge on any atom is 0.344 e. The zero-order chi connectivity index (χ0) is 22.4. The van der Waals surface area contributed by atoms with E-state index in [4.69, 9.17) is 14.2 Å². The van der Waals surface area contributed by atoms with Crippen LogP contribution in [0.5, 0.6) is 11.5 Å². The predicted octanol–water partition coefficient (Wildman–Crippen LogP) is 3.37. The average molecular weight is 423 g/mol. The lowest BCUT2D eigenvalue weighted by Crippen LogP contribution is -2.24. The molecule has 1 aromatic heterocycles. The van der Waals surface area contributed by atoms with Gasteiger partial charge in [0.25, 0.3) is 5.91 Å². The molecule has 0 radical (unpaired) electrons. The van der Waals surface area contributed by atoms with E-state index in [1.165, 1.54) is 0 Å². The van der Waals surface area contributed by atoms with Gasteiger partial charge in [-0.15, -0.1) is 0 Å². The Hall–Kier alpha value is -3.81. The number of aromatic nitrogens is 2. The van der Waals surface area contributed by atoms with Crippen LogP contribution in [0.3, 0.4) is 0 Å². The first-order valence-corrected chi connectivity index (χ1v) is 9.73. The van der Waals surface area contributed by atoms with Gasteiger partial charge in [0.2, 0.25) is 0 Å². The summed E-state index contributed by atoms with van der Waals surface area (Å²) >= 11 is 0. The minimum absolute atomic E-state index is 0.303. The molecular weight excluding hydrogens is 398 g/mol. The van der Waals surface area contributed by atoms with E-state index in [-0.39, 0.29) is 6.61 Å². The summed E-state index contributed by atoms with van der Waals surface area (Å²) in [6.45, 7) is 4.97. The predicted molar refractivity (Wildman–Crippen MR) is 116 cm³/mol. The molecule has 0 saturated heterocycles. The lowest BCUT2D eigenvalue weighted by molar-refractivity contribution is -0.149. The van der Waals surface area contributed by atoms with Crippen molar-refractivity contribution in [3.05, 3.63) is 65.5 Å². The largest absolute Gasteiger partial charge is 0.497 e. The molecule has 0 aliphatic rings. The Kier molecular flexibility index (Phi) is 6.92. The van der Waals surface area contributed by atoms with E-state index in [0.29, 0.717) is 22.9 Å². The third-order valence-corrected chi connectivity index (χ3v) is 4.61. The number of amides is 1. The summed E-state index contributed by atoms with van der Waals surface area (Å²) in [6.07, 6.45) is 0. The molecule has 0 fully saturated rings. The van der Waals surface area contributed by atoms with Crippen LogP contribution in [-0.2, 0) is 14.3 Å². The first kappa shape index (κ1) is 21.9. The fourth-order valence-corrected chi connectivity index (χ4v) is 2.94. The molecular formula is C23H25N3O5. The van der Waals surface area contributed by atoms with E-state index in [2.05, 4.69) is 10.4 Å². The number of benzene rings is 2. The third-order valence-electron chi connectivity index (χ3n) is 4.61. The highest BCUT2D eigenvalue weighted by atomic mass is 16.6. The van der Waals surface area contributed by atoms with Crippen molar-refractivity contribution in [3.8, 4) is 17.2 Å². The molecule has 3 aromatic rings. The smallest absolute Gasteiger partial charge is 0.344 e. The minimum Gasteiger partial charge on any atom is -0.497 e. The molecule has 0 spiro atoms. The van der Waals surface area contributed by atoms with Crippen LogP contribution < -0.4 is 14.8 Å². The maximum atomic E-state index is 12.3. The molecule has 1 amide bonds. The number of nitrogens with zero attached hydrogens (tertiary/aromatic N) is 2. The summed E-state index contributed by atoms with van der Waals surface area (Å²) in [7, 11) is 1.56. The molecule has 0 unspecified atom stereocenters. The van der Waals surface area contributed by atoms with Crippen LogP contribution in [0.4, 0.5) is 5.69 Å². The average Bonchev–Trinajstić information content (AvgIpc) is 3.05. The van der Waals surface area contributed by atoms with Crippen LogP contribution in [0, 0.1) is 20.8 Å². The number of hydrogen-bond donors (Lipinski definition) is 1. The number of carbonyl (C=O) groups excluding carboxylic acids is 2. The summed E-state index contributed by atoms with van der Waals surface area (Å²) in [6, 6.07) is 14.7. The van der Waals surface area contributed by atoms with Crippen molar-refractivity contribution in [1.29, 1.82) is 0 Å². The second-order valence-corrected chi connectivity index (χ2v) is 6.97. The van der Waals surface area contributed by atoms with Gasteiger partial charge in [0, 0.05) is 0 Å². The second-order valence-electron chi connectivity index (χ2n) is 6.97. The molecule has 8 heteroatoms. The summed E-state index contributed by atoms with van der Waals surface area (Å²) in [4.78, 5) is 24.2. The maximum absolute atomic E-state index is 12.3. The van der Waals surface area contributed by atoms with E-state index in [9.17, 15) is 9.59 Å². The third kappa shape index (κ3) is 5.63. The van der Waals surface area contributed by atoms with Crippen LogP contribution in [0.2, 0.25) is 0 Å². The molecule has 2 aromatic carbocycles. The second kappa shape index (κ2) is 9.80. The van der Waals surface area contributed by atoms with Crippen LogP contribution >= 0.6 is 0 Å². The lowest BCUT2D eigenvalue weighted by Gasteiger charge is -2.09. The Balaban J connectivity index is 1.52. The normalized spacial score (nSPS) is 10.5. The number of aryl methyl sites for hydroxylation is 2. The summed E-state index contributed by atoms with van der Waals surface area (Å²) in [5.41, 5.74) is 4.09. The Morgan fingerprint density at radius 2 is 1.58 bits per heavy atom. The van der Waals surface area contributed by atoms with Crippen molar-refractivity contribution in [3.63, 3.8) is 0 Å². The quantitative estimate of drug-likeness (QED) is 0.559. The van der Waals surface area contributed by atoms with Crippen molar-refractivity contribution >= 4 is 17.6 Å². The molecule has 0 bridgehead atoms. The highest BCUT2D eigenvalue weighted by Gasteiger charge is 2.16. The summed E-state index contributed by atoms with van der Waals surface area (Å²) in [5, 5.41) is 7.27. The number of nitrogens with one attached hydrogen (secondary N) is 1. The highest BCUT2D eigenvalue weighted by molar-refractivity contribution is 5.94. The van der Waals surface area contributed by atoms with Gasteiger partial charge < -0.3 is 19.5 Å². The van der Waals surface area contributed by atoms with E-state index in [1.807, 2.05) is 45.0 Å². The molecule has 3 rings (SSSR count). The Labute approximate surface area is 180 Å². The summed E-state index contributed by atoms with van der Waals surface area (Å²) in [5.74, 6) is 0.0853. The topological polar surface area (TPSA) is 91.7 Å². The lowest BCUT2D eigenvalue weighted by atomic mass is 10.2. The molecule has 1 heterocycles. The van der Waals surface area contributed by atoms with Crippen molar-refractivity contribution < 1.29 is 23.8 Å². The van der Waals surface area contributed by atoms with Crippen molar-refractivity contribution in [2.75, 3.05) is 25.6 Å². The Morgan fingerprint density at radius 3 is 2.23 bits per heavy atom. The number of rotatable bonds is 8. The van der Waals surface area contributed by atoms with Gasteiger partial charge in [-0.1, -0.05) is 17.7 Å². The molecule has 31 heavy (non-hydrogen) atoms. The monoisotopic (exact) mass is 423 g/mol. The van der Waals surface area contributed by atoms with E-state index < -0.39 is 18.5 Å². The zero-order valence-corrected chi connectivity index (χ0v) is 18.0. The van der Waals surface area contributed by atoms with Crippen LogP contribution in [0.1, 0.15) is 17.0 Å². The Morgan fingerprint density at radius 1 is 0.935 bits per heavy atom. The van der Waals surface area contributed by atoms with Crippen LogP contribution in [0.15, 0.2) is 48.5 Å². The van der Waals surface area contributed by atoms with Crippen LogP contribution in [-0.4, -0.2) is 42.0 Å². The minimum atomic E-state index is -0.644. The van der Waals surface area contributed by atoms with Crippen LogP contribution in [0.25, 0.3) is 5.69 Å². The van der Waals surface area contributed by atoms with Gasteiger partial charge in [-0.05, 0) is 57.2 Å². The standard InChI is InChI=1S/C23H25N3O5/c1-15-5-7-18(8-6-15)26-17(3)23(16(2)25-26)24-21(27)13-31-22(28)14-30-20-11-9-19(29-4)10-12-20/h5-12H,13-14H2,1-4H3,(H,24,27). The number of ether oxygens (including phenoxy) is 3. The first-order chi connectivity index (χ1) is 14.9. The molecule has 0 saturated carbocycles. The van der Waals surface area contributed by atoms with E-state index in [1.54, 1.807) is 36.1 Å². The molecule has 0 aliphatic heterocycles. The van der Waals surface area contributed by atoms with E-state index >= 15 is 0 Å². The summed E-state index contributed by atoms with van der Waals surface area (Å²) < 4.78 is 17.2. The van der Waals surface area contributed by atoms with Gasteiger partial charge in [0.1, 0.15) is 11.5 Å². The van der Waals surface area contributed by atoms with E-state index in [0.717, 1.165) is 16.9 Å². The fraction of sp³-hybridized carbons (Fsp3) is 0.261. The van der Waals surface area contributed by atoms with Gasteiger partial charge in [0.15, 0.2) is 13.2 Å². The highest BCUT2D eigenvalue weighted by Crippen LogP contribution is 2.23. The van der Waals surface area contributed by atoms with Gasteiger partial charge in [0.05, 0.1) is 29.9 Å². The molecule has 162 valence electrons. The number of anilines is 1. The number of carbonyl (C=O) groups is 2. The number of esters is 1. The van der Waals surface area contributed by atoms with Gasteiger partial charge in [-0.2, -0.15) is 5.10 Å². The van der Waals surface area contributed by atoms with Gasteiger partial charge in [-0.3, -0.25) is 4.79 Å². The van der Waals surface area contributed by atoms with Gasteiger partial charge in [-0.25, -0.2) is 9.48 Å². The fourth-order valence-electron chi connectivity index (χ4n) is 2.94. The van der Waals surface area contributed by atoms with Crippen molar-refractivity contribution in [2.45, 2.75) is 20.8 Å². The molecule has 1 N–H and O–H groups in total.